The van der Waals surface area contributed by atoms with Crippen LogP contribution in [0.2, 0.25) is 0 Å². The van der Waals surface area contributed by atoms with E-state index in [-0.39, 0.29) is 24.0 Å². The fourth-order valence-corrected chi connectivity index (χ4v) is 2.08. The van der Waals surface area contributed by atoms with E-state index in [4.69, 9.17) is 0 Å². The summed E-state index contributed by atoms with van der Waals surface area (Å²) in [5, 5.41) is 6.58. The molecule has 23 heavy (non-hydrogen) atoms. The van der Waals surface area contributed by atoms with Crippen LogP contribution < -0.4 is 10.6 Å². The van der Waals surface area contributed by atoms with Crippen LogP contribution in [0.5, 0.6) is 0 Å². The summed E-state index contributed by atoms with van der Waals surface area (Å²) in [7, 11) is 0. The normalized spacial score (nSPS) is 10.8. The lowest BCUT2D eigenvalue weighted by atomic mass is 10.1. The smallest absolute Gasteiger partial charge is 0.191 e. The quantitative estimate of drug-likeness (QED) is 0.439. The maximum absolute atomic E-state index is 4.62. The van der Waals surface area contributed by atoms with Crippen molar-refractivity contribution in [3.8, 4) is 0 Å². The van der Waals surface area contributed by atoms with Gasteiger partial charge in [-0.25, -0.2) is 4.99 Å². The summed E-state index contributed by atoms with van der Waals surface area (Å²) >= 11 is 0. The van der Waals surface area contributed by atoms with E-state index in [1.807, 2.05) is 25.1 Å². The largest absolute Gasteiger partial charge is 0.357 e. The van der Waals surface area contributed by atoms with Crippen molar-refractivity contribution in [3.05, 3.63) is 65.0 Å². The predicted molar refractivity (Wildman–Crippen MR) is 107 cm³/mol. The molecule has 1 aromatic heterocycles. The molecule has 0 saturated heterocycles. The molecule has 0 aliphatic carbocycles. The van der Waals surface area contributed by atoms with Crippen LogP contribution in [-0.2, 0) is 13.1 Å². The Morgan fingerprint density at radius 1 is 1.04 bits per heavy atom. The number of aromatic nitrogens is 1. The number of hydrogen-bond acceptors (Lipinski definition) is 2. The fourth-order valence-electron chi connectivity index (χ4n) is 2.08. The number of halogens is 1. The molecule has 2 N–H and O–H groups in total. The van der Waals surface area contributed by atoms with Crippen molar-refractivity contribution in [2.75, 3.05) is 6.54 Å². The van der Waals surface area contributed by atoms with Gasteiger partial charge in [0.15, 0.2) is 5.96 Å². The molecule has 0 amide bonds. The van der Waals surface area contributed by atoms with Crippen molar-refractivity contribution in [1.29, 1.82) is 0 Å². The maximum Gasteiger partial charge on any atom is 0.191 e. The average molecular weight is 424 g/mol. The number of nitrogens with one attached hydrogen (secondary N) is 2. The van der Waals surface area contributed by atoms with Crippen LogP contribution in [0.4, 0.5) is 0 Å². The van der Waals surface area contributed by atoms with Crippen molar-refractivity contribution in [1.82, 2.24) is 15.6 Å². The third-order valence-electron chi connectivity index (χ3n) is 3.27. The topological polar surface area (TPSA) is 49.3 Å². The standard InChI is InChI=1S/C18H24N4.HI/c1-4-19-18(20-12-16-10-8-14(2)9-11-16)21-13-17-7-5-6-15(3)22-17;/h5-11H,4,12-13H2,1-3H3,(H2,19,20,21);1H. The third-order valence-corrected chi connectivity index (χ3v) is 3.27. The van der Waals surface area contributed by atoms with E-state index in [2.05, 4.69) is 58.7 Å². The molecule has 2 aromatic rings. The summed E-state index contributed by atoms with van der Waals surface area (Å²) in [6.45, 7) is 8.32. The molecule has 0 bridgehead atoms. The van der Waals surface area contributed by atoms with Crippen LogP contribution in [0.25, 0.3) is 0 Å². The van der Waals surface area contributed by atoms with E-state index in [9.17, 15) is 0 Å². The van der Waals surface area contributed by atoms with Gasteiger partial charge in [0.1, 0.15) is 0 Å². The zero-order valence-electron chi connectivity index (χ0n) is 14.0. The second-order valence-corrected chi connectivity index (χ2v) is 5.30. The molecule has 5 heteroatoms. The van der Waals surface area contributed by atoms with Gasteiger partial charge in [0.2, 0.25) is 0 Å². The summed E-state index contributed by atoms with van der Waals surface area (Å²) in [4.78, 5) is 9.11. The number of guanidine groups is 1. The van der Waals surface area contributed by atoms with E-state index in [1.54, 1.807) is 0 Å². The van der Waals surface area contributed by atoms with Gasteiger partial charge in [-0.1, -0.05) is 35.9 Å². The lowest BCUT2D eigenvalue weighted by molar-refractivity contribution is 0.796. The first kappa shape index (κ1) is 19.4. The van der Waals surface area contributed by atoms with Crippen molar-refractivity contribution < 1.29 is 0 Å². The molecule has 0 aliphatic rings. The van der Waals surface area contributed by atoms with Crippen LogP contribution >= 0.6 is 24.0 Å². The minimum Gasteiger partial charge on any atom is -0.357 e. The molecule has 4 nitrogen and oxygen atoms in total. The Hall–Kier alpha value is -1.63. The fraction of sp³-hybridized carbons (Fsp3) is 0.333. The summed E-state index contributed by atoms with van der Waals surface area (Å²) in [5.41, 5.74) is 4.52. The van der Waals surface area contributed by atoms with Gasteiger partial charge in [0.25, 0.3) is 0 Å². The van der Waals surface area contributed by atoms with E-state index < -0.39 is 0 Å². The maximum atomic E-state index is 4.62. The zero-order valence-corrected chi connectivity index (χ0v) is 16.3. The van der Waals surface area contributed by atoms with Crippen LogP contribution in [0.15, 0.2) is 47.5 Å². The average Bonchev–Trinajstić information content (AvgIpc) is 2.52. The minimum atomic E-state index is 0. The monoisotopic (exact) mass is 424 g/mol. The minimum absolute atomic E-state index is 0. The van der Waals surface area contributed by atoms with E-state index in [0.29, 0.717) is 13.1 Å². The molecule has 1 heterocycles. The van der Waals surface area contributed by atoms with Gasteiger partial charge in [-0.15, -0.1) is 24.0 Å². The highest BCUT2D eigenvalue weighted by Gasteiger charge is 2.00. The van der Waals surface area contributed by atoms with Gasteiger partial charge in [-0.3, -0.25) is 4.98 Å². The second-order valence-electron chi connectivity index (χ2n) is 5.30. The molecule has 0 fully saturated rings. The first-order valence-corrected chi connectivity index (χ1v) is 7.67. The Bertz CT molecular complexity index is 623. The molecule has 0 radical (unpaired) electrons. The van der Waals surface area contributed by atoms with Crippen molar-refractivity contribution >= 4 is 29.9 Å². The van der Waals surface area contributed by atoms with Crippen LogP contribution in [-0.4, -0.2) is 17.5 Å². The number of aliphatic imine (C=N–C) groups is 1. The first-order chi connectivity index (χ1) is 10.7. The SMILES string of the molecule is CCNC(=NCc1ccc(C)cc1)NCc1cccc(C)n1.I. The Morgan fingerprint density at radius 3 is 2.43 bits per heavy atom. The number of nitrogens with zero attached hydrogens (tertiary/aromatic N) is 2. The van der Waals surface area contributed by atoms with Crippen molar-refractivity contribution in [2.24, 2.45) is 4.99 Å². The summed E-state index contributed by atoms with van der Waals surface area (Å²) in [6, 6.07) is 14.5. The van der Waals surface area contributed by atoms with E-state index in [1.165, 1.54) is 11.1 Å². The predicted octanol–water partition coefficient (Wildman–Crippen LogP) is 3.57. The zero-order chi connectivity index (χ0) is 15.8. The highest BCUT2D eigenvalue weighted by Crippen LogP contribution is 2.04. The van der Waals surface area contributed by atoms with Gasteiger partial charge < -0.3 is 10.6 Å². The Balaban J connectivity index is 0.00000264. The van der Waals surface area contributed by atoms with Crippen molar-refractivity contribution in [2.45, 2.75) is 33.9 Å². The molecular formula is C18H25IN4. The number of benzene rings is 1. The summed E-state index contributed by atoms with van der Waals surface area (Å²) in [5.74, 6) is 0.811. The van der Waals surface area contributed by atoms with Gasteiger partial charge >= 0.3 is 0 Å². The van der Waals surface area contributed by atoms with E-state index in [0.717, 1.165) is 23.9 Å². The van der Waals surface area contributed by atoms with Crippen LogP contribution in [0, 0.1) is 13.8 Å². The molecule has 1 aromatic carbocycles. The van der Waals surface area contributed by atoms with Crippen LogP contribution in [0.3, 0.4) is 0 Å². The second kappa shape index (κ2) is 10.2. The molecule has 0 unspecified atom stereocenters. The Kier molecular flexibility index (Phi) is 8.61. The lowest BCUT2D eigenvalue weighted by Gasteiger charge is -2.11. The van der Waals surface area contributed by atoms with Gasteiger partial charge in [-0.2, -0.15) is 0 Å². The molecule has 124 valence electrons. The number of rotatable bonds is 5. The number of aryl methyl sites for hydroxylation is 2. The highest BCUT2D eigenvalue weighted by atomic mass is 127. The highest BCUT2D eigenvalue weighted by molar-refractivity contribution is 14.0. The summed E-state index contributed by atoms with van der Waals surface area (Å²) in [6.07, 6.45) is 0. The Labute approximate surface area is 155 Å². The molecular weight excluding hydrogens is 399 g/mol. The van der Waals surface area contributed by atoms with Crippen molar-refractivity contribution in [3.63, 3.8) is 0 Å². The third kappa shape index (κ3) is 6.99. The van der Waals surface area contributed by atoms with E-state index >= 15 is 0 Å². The molecule has 0 aliphatic heterocycles. The summed E-state index contributed by atoms with van der Waals surface area (Å²) < 4.78 is 0. The van der Waals surface area contributed by atoms with Crippen LogP contribution in [0.1, 0.15) is 29.4 Å². The lowest BCUT2D eigenvalue weighted by Crippen LogP contribution is -2.37. The Morgan fingerprint density at radius 2 is 1.78 bits per heavy atom. The molecule has 0 atom stereocenters. The molecule has 0 spiro atoms. The number of pyridine rings is 1. The number of hydrogen-bond donors (Lipinski definition) is 2. The van der Waals surface area contributed by atoms with Gasteiger partial charge in [-0.05, 0) is 38.5 Å². The van der Waals surface area contributed by atoms with Gasteiger partial charge in [0.05, 0.1) is 18.8 Å². The van der Waals surface area contributed by atoms with Gasteiger partial charge in [0, 0.05) is 12.2 Å². The molecule has 2 rings (SSSR count). The molecule has 0 saturated carbocycles. The first-order valence-electron chi connectivity index (χ1n) is 7.67.